The minimum atomic E-state index is -0.250. The van der Waals surface area contributed by atoms with Crippen LogP contribution in [-0.4, -0.2) is 23.2 Å². The Bertz CT molecular complexity index is 267. The van der Waals surface area contributed by atoms with Crippen molar-refractivity contribution in [3.63, 3.8) is 0 Å². The van der Waals surface area contributed by atoms with E-state index < -0.39 is 0 Å². The van der Waals surface area contributed by atoms with Crippen LogP contribution in [0.15, 0.2) is 72.8 Å². The first-order valence-electron chi connectivity index (χ1n) is 4.99. The molecule has 0 radical (unpaired) electrons. The van der Waals surface area contributed by atoms with Crippen molar-refractivity contribution in [2.75, 3.05) is 0 Å². The van der Waals surface area contributed by atoms with E-state index in [1.165, 1.54) is 0 Å². The van der Waals surface area contributed by atoms with E-state index in [1.807, 2.05) is 72.8 Å². The summed E-state index contributed by atoms with van der Waals surface area (Å²) in [6.07, 6.45) is 0. The Labute approximate surface area is 130 Å². The molecule has 0 saturated carbocycles. The number of carboxylic acid groups (broad SMARTS) is 2. The van der Waals surface area contributed by atoms with Crippen molar-refractivity contribution in [2.24, 2.45) is 0 Å². The lowest BCUT2D eigenvalue weighted by Crippen LogP contribution is -1.49. The summed E-state index contributed by atoms with van der Waals surface area (Å²) in [5, 5.41) is 13.8. The first-order valence-corrected chi connectivity index (χ1v) is 4.99. The summed E-state index contributed by atoms with van der Waals surface area (Å²) in [5.41, 5.74) is 0. The number of carbonyl (C=O) groups is 2. The molecule has 2 rings (SSSR count). The van der Waals surface area contributed by atoms with Crippen LogP contribution in [0.25, 0.3) is 0 Å². The van der Waals surface area contributed by atoms with Gasteiger partial charge in [0.2, 0.25) is 0 Å². The fraction of sp³-hybridized carbons (Fsp3) is 0. The topological polar surface area (TPSA) is 74.6 Å². The van der Waals surface area contributed by atoms with E-state index in [1.54, 1.807) is 0 Å². The summed E-state index contributed by atoms with van der Waals surface area (Å²) in [6, 6.07) is 24.0. The molecule has 0 atom stereocenters. The van der Waals surface area contributed by atoms with Crippen LogP contribution in [0.5, 0.6) is 0 Å². The molecule has 0 aliphatic heterocycles. The smallest absolute Gasteiger partial charge is 0.290 e. The lowest BCUT2D eigenvalue weighted by Gasteiger charge is -1.69. The summed E-state index contributed by atoms with van der Waals surface area (Å²) in [4.78, 5) is 16.7. The van der Waals surface area contributed by atoms with E-state index >= 15 is 0 Å². The van der Waals surface area contributed by atoms with E-state index in [2.05, 4.69) is 0 Å². The first kappa shape index (κ1) is 26.5. The average molecular weight is 321 g/mol. The Morgan fingerprint density at radius 3 is 0.550 bits per heavy atom. The van der Waals surface area contributed by atoms with Gasteiger partial charge >= 0.3 is 0 Å². The van der Waals surface area contributed by atoms with Crippen LogP contribution >= 0.6 is 24.8 Å². The fourth-order valence-electron chi connectivity index (χ4n) is 0.770. The number of halogens is 2. The van der Waals surface area contributed by atoms with Gasteiger partial charge in [0, 0.05) is 0 Å². The van der Waals surface area contributed by atoms with E-state index in [-0.39, 0.29) is 37.8 Å². The summed E-state index contributed by atoms with van der Waals surface area (Å²) in [5.74, 6) is 0. The van der Waals surface area contributed by atoms with Gasteiger partial charge < -0.3 is 10.2 Å². The Hall–Kier alpha value is -2.04. The van der Waals surface area contributed by atoms with Crippen molar-refractivity contribution in [2.45, 2.75) is 0 Å². The van der Waals surface area contributed by atoms with Crippen LogP contribution in [-0.2, 0) is 9.59 Å². The van der Waals surface area contributed by atoms with Crippen LogP contribution in [0.4, 0.5) is 0 Å². The Kier molecular flexibility index (Phi) is 40.0. The van der Waals surface area contributed by atoms with Crippen LogP contribution in [0, 0.1) is 0 Å². The van der Waals surface area contributed by atoms with Crippen molar-refractivity contribution < 1.29 is 19.8 Å². The molecule has 2 aromatic rings. The summed E-state index contributed by atoms with van der Waals surface area (Å²) < 4.78 is 0. The molecule has 4 nitrogen and oxygen atoms in total. The molecule has 112 valence electrons. The minimum absolute atomic E-state index is 0. The van der Waals surface area contributed by atoms with E-state index in [0.717, 1.165) is 0 Å². The molecule has 2 N–H and O–H groups in total. The molecule has 0 spiro atoms. The molecule has 0 aliphatic carbocycles. The van der Waals surface area contributed by atoms with Crippen LogP contribution in [0.3, 0.4) is 0 Å². The van der Waals surface area contributed by atoms with Gasteiger partial charge in [-0.05, 0) is 0 Å². The van der Waals surface area contributed by atoms with Gasteiger partial charge in [-0.2, -0.15) is 0 Å². The molecule has 0 unspecified atom stereocenters. The second kappa shape index (κ2) is 30.2. The zero-order valence-corrected chi connectivity index (χ0v) is 12.2. The number of hydrogen-bond donors (Lipinski definition) is 2. The number of rotatable bonds is 0. The predicted molar refractivity (Wildman–Crippen MR) is 84.8 cm³/mol. The molecule has 0 saturated heterocycles. The third-order valence-corrected chi connectivity index (χ3v) is 1.33. The van der Waals surface area contributed by atoms with Crippen molar-refractivity contribution in [3.8, 4) is 0 Å². The second-order valence-corrected chi connectivity index (χ2v) is 2.52. The maximum Gasteiger partial charge on any atom is 0.290 e. The second-order valence-electron chi connectivity index (χ2n) is 2.52. The lowest BCUT2D eigenvalue weighted by atomic mass is 10.4. The summed E-state index contributed by atoms with van der Waals surface area (Å²) >= 11 is 0. The minimum Gasteiger partial charge on any atom is -0.483 e. The fourth-order valence-corrected chi connectivity index (χ4v) is 0.770. The van der Waals surface area contributed by atoms with Crippen LogP contribution in [0.1, 0.15) is 0 Å². The normalized spacial score (nSPS) is 6.00. The Morgan fingerprint density at radius 1 is 0.450 bits per heavy atom. The van der Waals surface area contributed by atoms with Gasteiger partial charge in [-0.1, -0.05) is 72.8 Å². The average Bonchev–Trinajstić information content (AvgIpc) is 2.45. The SMILES string of the molecule is Cl.Cl.O=CO.O=CO.c1ccccc1.c1ccccc1. The van der Waals surface area contributed by atoms with Gasteiger partial charge in [0.25, 0.3) is 12.9 Å². The van der Waals surface area contributed by atoms with E-state index in [4.69, 9.17) is 19.8 Å². The molecule has 0 aromatic heterocycles. The third kappa shape index (κ3) is 36.0. The highest BCUT2D eigenvalue weighted by molar-refractivity contribution is 5.85. The maximum absolute atomic E-state index is 8.36. The van der Waals surface area contributed by atoms with Crippen LogP contribution < -0.4 is 0 Å². The van der Waals surface area contributed by atoms with Gasteiger partial charge in [-0.3, -0.25) is 9.59 Å². The Morgan fingerprint density at radius 2 is 0.500 bits per heavy atom. The van der Waals surface area contributed by atoms with Crippen LogP contribution in [0.2, 0.25) is 0 Å². The molecule has 20 heavy (non-hydrogen) atoms. The predicted octanol–water partition coefficient (Wildman–Crippen LogP) is 3.62. The quantitative estimate of drug-likeness (QED) is 0.727. The zero-order valence-electron chi connectivity index (χ0n) is 10.6. The summed E-state index contributed by atoms with van der Waals surface area (Å²) in [7, 11) is 0. The van der Waals surface area contributed by atoms with Crippen molar-refractivity contribution >= 4 is 37.8 Å². The standard InChI is InChI=1S/2C6H6.2CH2O2.2ClH/c2*1-2-4-6-5-3-1;2*2-1-3;;/h2*1-6H;2*1H,(H,2,3);2*1H. The summed E-state index contributed by atoms with van der Waals surface area (Å²) in [6.45, 7) is -0.500. The molecular formula is C14H18Cl2O4. The Balaban J connectivity index is -0.0000000874. The molecule has 0 heterocycles. The third-order valence-electron chi connectivity index (χ3n) is 1.33. The molecule has 6 heteroatoms. The lowest BCUT2D eigenvalue weighted by molar-refractivity contribution is -0.123. The van der Waals surface area contributed by atoms with Crippen molar-refractivity contribution in [1.29, 1.82) is 0 Å². The zero-order chi connectivity index (χ0) is 13.9. The molecule has 0 aliphatic rings. The van der Waals surface area contributed by atoms with Gasteiger partial charge in [-0.25, -0.2) is 0 Å². The van der Waals surface area contributed by atoms with Gasteiger partial charge in [-0.15, -0.1) is 24.8 Å². The largest absolute Gasteiger partial charge is 0.483 e. The first-order chi connectivity index (χ1) is 8.83. The maximum atomic E-state index is 8.36. The highest BCUT2D eigenvalue weighted by atomic mass is 35.5. The molecule has 0 fully saturated rings. The number of benzene rings is 2. The monoisotopic (exact) mass is 320 g/mol. The highest BCUT2D eigenvalue weighted by Crippen LogP contribution is 1.80. The van der Waals surface area contributed by atoms with Gasteiger partial charge in [0.15, 0.2) is 0 Å². The molecule has 0 amide bonds. The van der Waals surface area contributed by atoms with E-state index in [0.29, 0.717) is 0 Å². The van der Waals surface area contributed by atoms with Crippen molar-refractivity contribution in [3.05, 3.63) is 72.8 Å². The molecular weight excluding hydrogens is 303 g/mol. The van der Waals surface area contributed by atoms with E-state index in [9.17, 15) is 0 Å². The van der Waals surface area contributed by atoms with Gasteiger partial charge in [0.05, 0.1) is 0 Å². The van der Waals surface area contributed by atoms with Gasteiger partial charge in [0.1, 0.15) is 0 Å². The number of hydrogen-bond acceptors (Lipinski definition) is 2. The molecule has 2 aromatic carbocycles. The highest BCUT2D eigenvalue weighted by Gasteiger charge is 1.58. The molecule has 0 bridgehead atoms. The van der Waals surface area contributed by atoms with Crippen molar-refractivity contribution in [1.82, 2.24) is 0 Å².